The molecule has 0 aromatic rings. The molecule has 0 bridgehead atoms. The Bertz CT molecular complexity index is 790. The van der Waals surface area contributed by atoms with Crippen molar-refractivity contribution < 1.29 is 15.0 Å². The molecule has 306 valence electrons. The summed E-state index contributed by atoms with van der Waals surface area (Å²) in [5, 5.41) is 23.2. The Balaban J connectivity index is 3.53. The van der Waals surface area contributed by atoms with Gasteiger partial charge < -0.3 is 15.5 Å². The van der Waals surface area contributed by atoms with Crippen molar-refractivity contribution in [3.05, 3.63) is 36.5 Å². The number of hydrogen-bond acceptors (Lipinski definition) is 3. The highest BCUT2D eigenvalue weighted by Crippen LogP contribution is 2.16. The second kappa shape index (κ2) is 44.0. The Morgan fingerprint density at radius 1 is 0.462 bits per heavy atom. The molecule has 0 aliphatic rings. The Morgan fingerprint density at radius 3 is 1.21 bits per heavy atom. The van der Waals surface area contributed by atoms with Crippen molar-refractivity contribution in [2.24, 2.45) is 0 Å². The van der Waals surface area contributed by atoms with E-state index < -0.39 is 12.1 Å². The Morgan fingerprint density at radius 2 is 0.788 bits per heavy atom. The first-order valence-electron chi connectivity index (χ1n) is 23.2. The predicted octanol–water partition coefficient (Wildman–Crippen LogP) is 14.6. The van der Waals surface area contributed by atoms with Crippen LogP contribution in [0.3, 0.4) is 0 Å². The van der Waals surface area contributed by atoms with E-state index in [1.54, 1.807) is 0 Å². The lowest BCUT2D eigenvalue weighted by Gasteiger charge is -2.22. The molecule has 0 aliphatic heterocycles. The number of carbonyl (C=O) groups excluding carboxylic acids is 1. The minimum Gasteiger partial charge on any atom is -0.394 e. The van der Waals surface area contributed by atoms with Gasteiger partial charge in [0.15, 0.2) is 0 Å². The first kappa shape index (κ1) is 50.6. The third-order valence-corrected chi connectivity index (χ3v) is 10.7. The van der Waals surface area contributed by atoms with Gasteiger partial charge in [-0.05, 0) is 51.4 Å². The predicted molar refractivity (Wildman–Crippen MR) is 230 cm³/mol. The molecule has 1 amide bonds. The van der Waals surface area contributed by atoms with Crippen molar-refractivity contribution >= 4 is 5.91 Å². The molecule has 2 unspecified atom stereocenters. The van der Waals surface area contributed by atoms with Crippen LogP contribution in [0.5, 0.6) is 0 Å². The van der Waals surface area contributed by atoms with Gasteiger partial charge in [0.05, 0.1) is 18.8 Å². The fraction of sp³-hybridized carbons (Fsp3) is 0.854. The highest BCUT2D eigenvalue weighted by Gasteiger charge is 2.20. The summed E-state index contributed by atoms with van der Waals surface area (Å²) in [5.41, 5.74) is 0. The van der Waals surface area contributed by atoms with Gasteiger partial charge in [0.2, 0.25) is 5.91 Å². The van der Waals surface area contributed by atoms with Gasteiger partial charge in [0, 0.05) is 6.42 Å². The number of aliphatic hydroxyl groups excluding tert-OH is 2. The van der Waals surface area contributed by atoms with E-state index in [1.165, 1.54) is 167 Å². The number of amides is 1. The Hall–Kier alpha value is -1.39. The van der Waals surface area contributed by atoms with Crippen LogP contribution in [0.4, 0.5) is 0 Å². The second-order valence-electron chi connectivity index (χ2n) is 15.8. The van der Waals surface area contributed by atoms with Crippen molar-refractivity contribution in [2.45, 2.75) is 257 Å². The maximum Gasteiger partial charge on any atom is 0.220 e. The molecule has 0 radical (unpaired) electrons. The standard InChI is InChI=1S/C48H91NO3/c1-3-5-7-9-11-13-15-17-19-21-23-24-26-27-29-31-33-35-37-39-41-43-47(51)46(45-50)49-48(52)44-42-40-38-36-34-32-30-28-25-22-20-18-16-14-12-10-8-6-4-2/h12,14,18,20,25,28,46-47,50-51H,3-11,13,15-17,19,21-24,26-27,29-45H2,1-2H3,(H,49,52)/b14-12-,20-18-,28-25-. The summed E-state index contributed by atoms with van der Waals surface area (Å²) in [6.45, 7) is 4.34. The Labute approximate surface area is 325 Å². The van der Waals surface area contributed by atoms with Crippen molar-refractivity contribution in [3.8, 4) is 0 Å². The van der Waals surface area contributed by atoms with E-state index in [-0.39, 0.29) is 12.5 Å². The van der Waals surface area contributed by atoms with Crippen LogP contribution in [-0.4, -0.2) is 34.9 Å². The molecule has 0 rings (SSSR count). The zero-order chi connectivity index (χ0) is 37.8. The largest absolute Gasteiger partial charge is 0.394 e. The third-order valence-electron chi connectivity index (χ3n) is 10.7. The first-order chi connectivity index (χ1) is 25.7. The van der Waals surface area contributed by atoms with E-state index >= 15 is 0 Å². The van der Waals surface area contributed by atoms with Crippen molar-refractivity contribution in [1.29, 1.82) is 0 Å². The van der Waals surface area contributed by atoms with E-state index in [9.17, 15) is 15.0 Å². The molecule has 0 spiro atoms. The number of nitrogens with one attached hydrogen (secondary N) is 1. The molecular weight excluding hydrogens is 639 g/mol. The molecule has 4 nitrogen and oxygen atoms in total. The fourth-order valence-electron chi connectivity index (χ4n) is 7.07. The minimum atomic E-state index is -0.665. The maximum atomic E-state index is 12.4. The van der Waals surface area contributed by atoms with Gasteiger partial charge in [0.1, 0.15) is 0 Å². The van der Waals surface area contributed by atoms with Crippen LogP contribution in [0, 0.1) is 0 Å². The molecule has 4 heteroatoms. The summed E-state index contributed by atoms with van der Waals surface area (Å²) in [6, 6.07) is -0.543. The van der Waals surface area contributed by atoms with Gasteiger partial charge in [0.25, 0.3) is 0 Å². The SMILES string of the molecule is CCCCC/C=C\C/C=C\C/C=C\CCCCCCCCC(=O)NC(CO)C(O)CCCCCCCCCCCCCCCCCCCCCCC. The molecule has 3 N–H and O–H groups in total. The highest BCUT2D eigenvalue weighted by atomic mass is 16.3. The molecule has 0 heterocycles. The summed E-state index contributed by atoms with van der Waals surface area (Å²) in [5.74, 6) is -0.0425. The van der Waals surface area contributed by atoms with Gasteiger partial charge in [-0.2, -0.15) is 0 Å². The summed E-state index contributed by atoms with van der Waals surface area (Å²) in [7, 11) is 0. The molecule has 0 fully saturated rings. The number of hydrogen-bond donors (Lipinski definition) is 3. The van der Waals surface area contributed by atoms with E-state index in [1.807, 2.05) is 0 Å². The highest BCUT2D eigenvalue weighted by molar-refractivity contribution is 5.76. The third kappa shape index (κ3) is 39.8. The molecule has 0 aliphatic carbocycles. The van der Waals surface area contributed by atoms with E-state index in [0.29, 0.717) is 12.8 Å². The average molecular weight is 730 g/mol. The van der Waals surface area contributed by atoms with Gasteiger partial charge in [-0.3, -0.25) is 4.79 Å². The van der Waals surface area contributed by atoms with E-state index in [2.05, 4.69) is 55.6 Å². The number of aliphatic hydroxyl groups is 2. The van der Waals surface area contributed by atoms with E-state index in [4.69, 9.17) is 0 Å². The van der Waals surface area contributed by atoms with E-state index in [0.717, 1.165) is 51.4 Å². The van der Waals surface area contributed by atoms with Crippen LogP contribution < -0.4 is 5.32 Å². The van der Waals surface area contributed by atoms with Crippen molar-refractivity contribution in [1.82, 2.24) is 5.32 Å². The lowest BCUT2D eigenvalue weighted by Crippen LogP contribution is -2.45. The topological polar surface area (TPSA) is 69.6 Å². The van der Waals surface area contributed by atoms with Crippen LogP contribution in [0.2, 0.25) is 0 Å². The Kier molecular flexibility index (Phi) is 42.8. The molecule has 0 saturated carbocycles. The normalized spacial score (nSPS) is 13.2. The summed E-state index contributed by atoms with van der Waals surface area (Å²) in [6.07, 6.45) is 57.9. The van der Waals surface area contributed by atoms with Crippen LogP contribution in [-0.2, 0) is 4.79 Å². The van der Waals surface area contributed by atoms with Gasteiger partial charge >= 0.3 is 0 Å². The number of allylic oxidation sites excluding steroid dienone is 6. The van der Waals surface area contributed by atoms with Crippen LogP contribution in [0.15, 0.2) is 36.5 Å². The van der Waals surface area contributed by atoms with Crippen molar-refractivity contribution in [3.63, 3.8) is 0 Å². The molecule has 2 atom stereocenters. The second-order valence-corrected chi connectivity index (χ2v) is 15.8. The number of rotatable bonds is 42. The van der Waals surface area contributed by atoms with Crippen LogP contribution in [0.1, 0.15) is 245 Å². The zero-order valence-corrected chi connectivity index (χ0v) is 35.1. The smallest absolute Gasteiger partial charge is 0.220 e. The van der Waals surface area contributed by atoms with Crippen LogP contribution >= 0.6 is 0 Å². The maximum absolute atomic E-state index is 12.4. The first-order valence-corrected chi connectivity index (χ1v) is 23.2. The van der Waals surface area contributed by atoms with Crippen molar-refractivity contribution in [2.75, 3.05) is 6.61 Å². The molecule has 0 saturated heterocycles. The van der Waals surface area contributed by atoms with Gasteiger partial charge in [-0.1, -0.05) is 224 Å². The quantitative estimate of drug-likeness (QED) is 0.0433. The monoisotopic (exact) mass is 730 g/mol. The average Bonchev–Trinajstić information content (AvgIpc) is 3.15. The summed E-state index contributed by atoms with van der Waals surface area (Å²) in [4.78, 5) is 12.4. The molecule has 0 aromatic heterocycles. The molecule has 52 heavy (non-hydrogen) atoms. The zero-order valence-electron chi connectivity index (χ0n) is 35.1. The summed E-state index contributed by atoms with van der Waals surface area (Å²) < 4.78 is 0. The number of carbonyl (C=O) groups is 1. The lowest BCUT2D eigenvalue weighted by atomic mass is 10.0. The number of unbranched alkanes of at least 4 members (excludes halogenated alkanes) is 29. The summed E-state index contributed by atoms with van der Waals surface area (Å²) >= 11 is 0. The minimum absolute atomic E-state index is 0.0425. The fourth-order valence-corrected chi connectivity index (χ4v) is 7.07. The molecular formula is C48H91NO3. The van der Waals surface area contributed by atoms with Crippen LogP contribution in [0.25, 0.3) is 0 Å². The lowest BCUT2D eigenvalue weighted by molar-refractivity contribution is -0.123. The molecule has 0 aromatic carbocycles. The van der Waals surface area contributed by atoms with Gasteiger partial charge in [-0.15, -0.1) is 0 Å². The van der Waals surface area contributed by atoms with Gasteiger partial charge in [-0.25, -0.2) is 0 Å².